The standard InChI is InChI=1S/C13H23NO2/c1-2-3-4-5-6-7-8-9-10-13(16)14-11-12-15/h2,9-10,15H,1,3-8,11-12H2,(H,14,16). The molecule has 0 aliphatic rings. The highest BCUT2D eigenvalue weighted by atomic mass is 16.3. The first-order valence-electron chi connectivity index (χ1n) is 5.97. The Labute approximate surface area is 98.2 Å². The SMILES string of the molecule is C=CCCCCCCC=CC(=O)NCCO. The lowest BCUT2D eigenvalue weighted by atomic mass is 10.1. The number of rotatable bonds is 10. The van der Waals surface area contributed by atoms with Crippen LogP contribution in [0.2, 0.25) is 0 Å². The van der Waals surface area contributed by atoms with Crippen LogP contribution in [0.15, 0.2) is 24.8 Å². The minimum Gasteiger partial charge on any atom is -0.395 e. The van der Waals surface area contributed by atoms with E-state index < -0.39 is 0 Å². The van der Waals surface area contributed by atoms with Gasteiger partial charge < -0.3 is 10.4 Å². The van der Waals surface area contributed by atoms with E-state index in [2.05, 4.69) is 11.9 Å². The maximum absolute atomic E-state index is 11.1. The Morgan fingerprint density at radius 3 is 2.50 bits per heavy atom. The van der Waals surface area contributed by atoms with Gasteiger partial charge in [-0.05, 0) is 31.8 Å². The van der Waals surface area contributed by atoms with Gasteiger partial charge in [0, 0.05) is 6.54 Å². The molecule has 2 N–H and O–H groups in total. The summed E-state index contributed by atoms with van der Waals surface area (Å²) >= 11 is 0. The molecule has 0 saturated heterocycles. The van der Waals surface area contributed by atoms with Gasteiger partial charge in [-0.25, -0.2) is 0 Å². The van der Waals surface area contributed by atoms with Gasteiger partial charge in [0.1, 0.15) is 0 Å². The zero-order valence-corrected chi connectivity index (χ0v) is 9.95. The maximum Gasteiger partial charge on any atom is 0.243 e. The van der Waals surface area contributed by atoms with Crippen LogP contribution in [0.4, 0.5) is 0 Å². The first-order chi connectivity index (χ1) is 7.81. The first kappa shape index (κ1) is 14.9. The number of amides is 1. The van der Waals surface area contributed by atoms with Crippen LogP contribution in [-0.4, -0.2) is 24.2 Å². The molecule has 0 atom stereocenters. The molecule has 1 amide bonds. The average Bonchev–Trinajstić information content (AvgIpc) is 2.30. The number of allylic oxidation sites excluding steroid dienone is 2. The Hall–Kier alpha value is -1.09. The highest BCUT2D eigenvalue weighted by Gasteiger charge is 1.92. The molecule has 0 rings (SSSR count). The van der Waals surface area contributed by atoms with Crippen molar-refractivity contribution < 1.29 is 9.90 Å². The van der Waals surface area contributed by atoms with E-state index in [0.29, 0.717) is 6.54 Å². The molecule has 0 saturated carbocycles. The fraction of sp³-hybridized carbons (Fsp3) is 0.615. The predicted molar refractivity (Wildman–Crippen MR) is 67.1 cm³/mol. The molecule has 0 fully saturated rings. The van der Waals surface area contributed by atoms with Gasteiger partial charge in [0.05, 0.1) is 6.61 Å². The van der Waals surface area contributed by atoms with Crippen molar-refractivity contribution in [1.29, 1.82) is 0 Å². The molecule has 92 valence electrons. The second-order valence-corrected chi connectivity index (χ2v) is 3.70. The second kappa shape index (κ2) is 12.0. The molecular formula is C13H23NO2. The van der Waals surface area contributed by atoms with Crippen molar-refractivity contribution >= 4 is 5.91 Å². The Kier molecular flexibility index (Phi) is 11.2. The summed E-state index contributed by atoms with van der Waals surface area (Å²) in [6.07, 6.45) is 12.2. The molecule has 0 heterocycles. The highest BCUT2D eigenvalue weighted by molar-refractivity contribution is 5.87. The molecule has 0 bridgehead atoms. The lowest BCUT2D eigenvalue weighted by Crippen LogP contribution is -2.24. The van der Waals surface area contributed by atoms with Crippen molar-refractivity contribution in [2.75, 3.05) is 13.2 Å². The summed E-state index contributed by atoms with van der Waals surface area (Å²) in [5.41, 5.74) is 0. The Bertz CT molecular complexity index is 212. The third kappa shape index (κ3) is 11.0. The van der Waals surface area contributed by atoms with Crippen molar-refractivity contribution in [2.24, 2.45) is 0 Å². The van der Waals surface area contributed by atoms with E-state index in [1.807, 2.05) is 12.2 Å². The van der Waals surface area contributed by atoms with Crippen LogP contribution < -0.4 is 5.32 Å². The fourth-order valence-electron chi connectivity index (χ4n) is 1.33. The molecule has 0 aliphatic heterocycles. The number of unbranched alkanes of at least 4 members (excludes halogenated alkanes) is 5. The predicted octanol–water partition coefficient (Wildman–Crippen LogP) is 2.18. The van der Waals surface area contributed by atoms with Crippen LogP contribution in [0, 0.1) is 0 Å². The monoisotopic (exact) mass is 225 g/mol. The number of carbonyl (C=O) groups is 1. The smallest absolute Gasteiger partial charge is 0.243 e. The van der Waals surface area contributed by atoms with Crippen molar-refractivity contribution in [2.45, 2.75) is 38.5 Å². The van der Waals surface area contributed by atoms with Crippen LogP contribution in [0.5, 0.6) is 0 Å². The van der Waals surface area contributed by atoms with Crippen LogP contribution in [0.1, 0.15) is 38.5 Å². The molecule has 3 nitrogen and oxygen atoms in total. The van der Waals surface area contributed by atoms with E-state index in [4.69, 9.17) is 5.11 Å². The Morgan fingerprint density at radius 1 is 1.19 bits per heavy atom. The van der Waals surface area contributed by atoms with Crippen molar-refractivity contribution in [3.63, 3.8) is 0 Å². The molecule has 0 aromatic carbocycles. The third-order valence-corrected chi connectivity index (χ3v) is 2.21. The van der Waals surface area contributed by atoms with E-state index in [-0.39, 0.29) is 12.5 Å². The minimum atomic E-state index is -0.124. The van der Waals surface area contributed by atoms with Crippen LogP contribution in [0.25, 0.3) is 0 Å². The van der Waals surface area contributed by atoms with E-state index in [9.17, 15) is 4.79 Å². The largest absolute Gasteiger partial charge is 0.395 e. The van der Waals surface area contributed by atoms with Gasteiger partial charge in [-0.15, -0.1) is 6.58 Å². The fourth-order valence-corrected chi connectivity index (χ4v) is 1.33. The van der Waals surface area contributed by atoms with Crippen LogP contribution in [-0.2, 0) is 4.79 Å². The highest BCUT2D eigenvalue weighted by Crippen LogP contribution is 2.05. The maximum atomic E-state index is 11.1. The van der Waals surface area contributed by atoms with Gasteiger partial charge in [0.25, 0.3) is 0 Å². The molecule has 0 aliphatic carbocycles. The average molecular weight is 225 g/mol. The van der Waals surface area contributed by atoms with Gasteiger partial charge in [-0.2, -0.15) is 0 Å². The van der Waals surface area contributed by atoms with Gasteiger partial charge >= 0.3 is 0 Å². The van der Waals surface area contributed by atoms with E-state index in [1.165, 1.54) is 19.3 Å². The number of hydrogen-bond donors (Lipinski definition) is 2. The lowest BCUT2D eigenvalue weighted by Gasteiger charge is -1.98. The summed E-state index contributed by atoms with van der Waals surface area (Å²) in [4.78, 5) is 11.1. The van der Waals surface area contributed by atoms with Crippen molar-refractivity contribution in [3.05, 3.63) is 24.8 Å². The van der Waals surface area contributed by atoms with E-state index >= 15 is 0 Å². The summed E-state index contributed by atoms with van der Waals surface area (Å²) in [6, 6.07) is 0. The number of aliphatic hydroxyl groups is 1. The molecule has 0 aromatic rings. The normalized spacial score (nSPS) is 10.6. The van der Waals surface area contributed by atoms with Gasteiger partial charge in [-0.3, -0.25) is 4.79 Å². The van der Waals surface area contributed by atoms with E-state index in [1.54, 1.807) is 6.08 Å². The van der Waals surface area contributed by atoms with Gasteiger partial charge in [0.15, 0.2) is 0 Å². The summed E-state index contributed by atoms with van der Waals surface area (Å²) in [6.45, 7) is 3.99. The number of carbonyl (C=O) groups excluding carboxylic acids is 1. The molecule has 16 heavy (non-hydrogen) atoms. The van der Waals surface area contributed by atoms with Crippen molar-refractivity contribution in [1.82, 2.24) is 5.32 Å². The Morgan fingerprint density at radius 2 is 1.88 bits per heavy atom. The number of nitrogens with one attached hydrogen (secondary N) is 1. The summed E-state index contributed by atoms with van der Waals surface area (Å²) in [5.74, 6) is -0.124. The summed E-state index contributed by atoms with van der Waals surface area (Å²) in [7, 11) is 0. The third-order valence-electron chi connectivity index (χ3n) is 2.21. The van der Waals surface area contributed by atoms with Gasteiger partial charge in [0.2, 0.25) is 5.91 Å². The molecule has 3 heteroatoms. The second-order valence-electron chi connectivity index (χ2n) is 3.70. The summed E-state index contributed by atoms with van der Waals surface area (Å²) < 4.78 is 0. The molecule has 0 aromatic heterocycles. The molecular weight excluding hydrogens is 202 g/mol. The summed E-state index contributed by atoms with van der Waals surface area (Å²) in [5, 5.41) is 11.0. The minimum absolute atomic E-state index is 0.0110. The van der Waals surface area contributed by atoms with Crippen LogP contribution >= 0.6 is 0 Å². The Balaban J connectivity index is 3.26. The molecule has 0 radical (unpaired) electrons. The zero-order chi connectivity index (χ0) is 12.1. The number of aliphatic hydroxyl groups excluding tert-OH is 1. The first-order valence-corrected chi connectivity index (χ1v) is 5.97. The van der Waals surface area contributed by atoms with E-state index in [0.717, 1.165) is 19.3 Å². The zero-order valence-electron chi connectivity index (χ0n) is 9.95. The lowest BCUT2D eigenvalue weighted by molar-refractivity contribution is -0.116. The molecule has 0 unspecified atom stereocenters. The molecule has 0 spiro atoms. The quantitative estimate of drug-likeness (QED) is 0.340. The number of hydrogen-bond acceptors (Lipinski definition) is 2. The van der Waals surface area contributed by atoms with Crippen molar-refractivity contribution in [3.8, 4) is 0 Å². The van der Waals surface area contributed by atoms with Crippen LogP contribution in [0.3, 0.4) is 0 Å². The topological polar surface area (TPSA) is 49.3 Å². The van der Waals surface area contributed by atoms with Gasteiger partial charge in [-0.1, -0.05) is 25.0 Å².